The van der Waals surface area contributed by atoms with Crippen LogP contribution in [0.5, 0.6) is 0 Å². The zero-order chi connectivity index (χ0) is 16.4. The lowest BCUT2D eigenvalue weighted by Crippen LogP contribution is -2.42. The first-order chi connectivity index (χ1) is 11.0. The molecule has 0 radical (unpaired) electrons. The molecule has 23 heavy (non-hydrogen) atoms. The largest absolute Gasteiger partial charge is 0.466 e. The van der Waals surface area contributed by atoms with Crippen LogP contribution in [0.2, 0.25) is 0 Å². The van der Waals surface area contributed by atoms with Crippen molar-refractivity contribution in [3.05, 3.63) is 24.5 Å². The Kier molecular flexibility index (Phi) is 4.36. The maximum Gasteiger partial charge on any atom is 0.310 e. The zero-order valence-corrected chi connectivity index (χ0v) is 13.7. The first-order valence-electron chi connectivity index (χ1n) is 7.62. The molecule has 1 aromatic carbocycles. The van der Waals surface area contributed by atoms with Crippen LogP contribution >= 0.6 is 0 Å². The van der Waals surface area contributed by atoms with E-state index in [1.165, 1.54) is 10.6 Å². The average molecular weight is 337 g/mol. The van der Waals surface area contributed by atoms with Crippen LogP contribution in [0, 0.1) is 5.92 Å². The molecule has 3 rings (SSSR count). The number of piperidine rings is 1. The molecular formula is C15H19N3O4S. The van der Waals surface area contributed by atoms with Gasteiger partial charge in [-0.3, -0.25) is 4.79 Å². The maximum absolute atomic E-state index is 12.8. The summed E-state index contributed by atoms with van der Waals surface area (Å²) < 4.78 is 32.0. The predicted octanol–water partition coefficient (Wildman–Crippen LogP) is 1.53. The minimum absolute atomic E-state index is 0.169. The number of hydrogen-bond donors (Lipinski definition) is 1. The number of ether oxygens (including phenoxy) is 1. The van der Waals surface area contributed by atoms with Crippen molar-refractivity contribution in [2.75, 3.05) is 19.7 Å². The Labute approximate surface area is 134 Å². The van der Waals surface area contributed by atoms with E-state index >= 15 is 0 Å². The Morgan fingerprint density at radius 1 is 1.48 bits per heavy atom. The first-order valence-corrected chi connectivity index (χ1v) is 9.06. The van der Waals surface area contributed by atoms with Crippen LogP contribution in [0.1, 0.15) is 19.8 Å². The third kappa shape index (κ3) is 3.09. The molecule has 0 saturated carbocycles. The number of aromatic nitrogens is 2. The summed E-state index contributed by atoms with van der Waals surface area (Å²) in [5, 5.41) is 0. The molecule has 124 valence electrons. The number of carbonyl (C=O) groups excluding carboxylic acids is 1. The van der Waals surface area contributed by atoms with E-state index in [0.29, 0.717) is 37.0 Å². The molecule has 0 amide bonds. The van der Waals surface area contributed by atoms with Crippen LogP contribution in [0.3, 0.4) is 0 Å². The summed E-state index contributed by atoms with van der Waals surface area (Å²) >= 11 is 0. The number of sulfonamides is 1. The van der Waals surface area contributed by atoms with Crippen LogP contribution in [0.4, 0.5) is 0 Å². The highest BCUT2D eigenvalue weighted by Crippen LogP contribution is 2.26. The fourth-order valence-corrected chi connectivity index (χ4v) is 4.39. The lowest BCUT2D eigenvalue weighted by molar-refractivity contribution is -0.149. The van der Waals surface area contributed by atoms with E-state index < -0.39 is 15.9 Å². The highest BCUT2D eigenvalue weighted by Gasteiger charge is 2.34. The number of esters is 1. The normalized spacial score (nSPS) is 19.8. The van der Waals surface area contributed by atoms with Gasteiger partial charge in [-0.2, -0.15) is 4.31 Å². The second-order valence-electron chi connectivity index (χ2n) is 5.54. The van der Waals surface area contributed by atoms with Gasteiger partial charge in [-0.1, -0.05) is 0 Å². The van der Waals surface area contributed by atoms with Crippen molar-refractivity contribution in [3.8, 4) is 0 Å². The van der Waals surface area contributed by atoms with Crippen molar-refractivity contribution >= 4 is 27.0 Å². The molecule has 2 aromatic rings. The summed E-state index contributed by atoms with van der Waals surface area (Å²) in [7, 11) is -3.63. The number of imidazole rings is 1. The van der Waals surface area contributed by atoms with Crippen LogP contribution < -0.4 is 0 Å². The second kappa shape index (κ2) is 6.29. The van der Waals surface area contributed by atoms with Gasteiger partial charge in [-0.25, -0.2) is 13.4 Å². The maximum atomic E-state index is 12.8. The minimum Gasteiger partial charge on any atom is -0.466 e. The highest BCUT2D eigenvalue weighted by atomic mass is 32.2. The fraction of sp³-hybridized carbons (Fsp3) is 0.467. The number of fused-ring (bicyclic) bond motifs is 1. The van der Waals surface area contributed by atoms with Crippen molar-refractivity contribution in [1.29, 1.82) is 0 Å². The number of rotatable bonds is 4. The SMILES string of the molecule is CCOC(=O)C1CCCN(S(=O)(=O)c2ccc3nc[nH]c3c2)C1. The molecule has 1 fully saturated rings. The number of nitrogens with zero attached hydrogens (tertiary/aromatic N) is 2. The minimum atomic E-state index is -3.63. The van der Waals surface area contributed by atoms with Crippen LogP contribution in [-0.4, -0.2) is 48.4 Å². The van der Waals surface area contributed by atoms with Gasteiger partial charge in [0.1, 0.15) is 0 Å². The Morgan fingerprint density at radius 3 is 3.09 bits per heavy atom. The molecule has 1 atom stereocenters. The molecule has 1 aliphatic heterocycles. The summed E-state index contributed by atoms with van der Waals surface area (Å²) in [6, 6.07) is 4.80. The molecular weight excluding hydrogens is 318 g/mol. The van der Waals surface area contributed by atoms with Crippen LogP contribution in [0.15, 0.2) is 29.4 Å². The highest BCUT2D eigenvalue weighted by molar-refractivity contribution is 7.89. The average Bonchev–Trinajstić information content (AvgIpc) is 3.03. The summed E-state index contributed by atoms with van der Waals surface area (Å²) in [6.45, 7) is 2.63. The van der Waals surface area contributed by atoms with Gasteiger partial charge >= 0.3 is 5.97 Å². The Balaban J connectivity index is 1.84. The molecule has 7 nitrogen and oxygen atoms in total. The zero-order valence-electron chi connectivity index (χ0n) is 12.9. The number of benzene rings is 1. The van der Waals surface area contributed by atoms with Gasteiger partial charge in [0, 0.05) is 13.1 Å². The van der Waals surface area contributed by atoms with E-state index in [9.17, 15) is 13.2 Å². The quantitative estimate of drug-likeness (QED) is 0.854. The Hall–Kier alpha value is -1.93. The predicted molar refractivity (Wildman–Crippen MR) is 84.2 cm³/mol. The van der Waals surface area contributed by atoms with E-state index in [2.05, 4.69) is 9.97 Å². The van der Waals surface area contributed by atoms with Crippen molar-refractivity contribution in [2.45, 2.75) is 24.7 Å². The second-order valence-corrected chi connectivity index (χ2v) is 7.47. The van der Waals surface area contributed by atoms with Gasteiger partial charge in [-0.15, -0.1) is 0 Å². The molecule has 1 aromatic heterocycles. The van der Waals surface area contributed by atoms with Crippen molar-refractivity contribution in [2.24, 2.45) is 5.92 Å². The topological polar surface area (TPSA) is 92.4 Å². The molecule has 1 N–H and O–H groups in total. The fourth-order valence-electron chi connectivity index (χ4n) is 2.84. The van der Waals surface area contributed by atoms with E-state index in [1.54, 1.807) is 25.1 Å². The van der Waals surface area contributed by atoms with E-state index in [4.69, 9.17) is 4.74 Å². The number of aromatic amines is 1. The first kappa shape index (κ1) is 15.9. The van der Waals surface area contributed by atoms with Gasteiger partial charge in [-0.05, 0) is 38.0 Å². The molecule has 0 bridgehead atoms. The van der Waals surface area contributed by atoms with Crippen molar-refractivity contribution < 1.29 is 17.9 Å². The number of hydrogen-bond acceptors (Lipinski definition) is 5. The molecule has 0 aliphatic carbocycles. The summed E-state index contributed by atoms with van der Waals surface area (Å²) in [5.74, 6) is -0.717. The van der Waals surface area contributed by atoms with Gasteiger partial charge in [0.15, 0.2) is 0 Å². The van der Waals surface area contributed by atoms with E-state index in [0.717, 1.165) is 0 Å². The third-order valence-corrected chi connectivity index (χ3v) is 5.89. The number of carbonyl (C=O) groups is 1. The van der Waals surface area contributed by atoms with E-state index in [1.807, 2.05) is 0 Å². The molecule has 1 unspecified atom stereocenters. The number of nitrogens with one attached hydrogen (secondary N) is 1. The Morgan fingerprint density at radius 2 is 2.30 bits per heavy atom. The van der Waals surface area contributed by atoms with Gasteiger partial charge in [0.05, 0.1) is 34.8 Å². The van der Waals surface area contributed by atoms with Gasteiger partial charge in [0.25, 0.3) is 0 Å². The smallest absolute Gasteiger partial charge is 0.310 e. The lowest BCUT2D eigenvalue weighted by Gasteiger charge is -2.30. The molecule has 2 heterocycles. The number of H-pyrrole nitrogens is 1. The van der Waals surface area contributed by atoms with Crippen LogP contribution in [0.25, 0.3) is 11.0 Å². The summed E-state index contributed by atoms with van der Waals surface area (Å²) in [4.78, 5) is 19.1. The Bertz CT molecular complexity index is 815. The molecule has 1 aliphatic rings. The van der Waals surface area contributed by atoms with Crippen LogP contribution in [-0.2, 0) is 19.6 Å². The third-order valence-electron chi connectivity index (χ3n) is 4.03. The standard InChI is InChI=1S/C15H19N3O4S/c1-2-22-15(19)11-4-3-7-18(9-11)23(20,21)12-5-6-13-14(8-12)17-10-16-13/h5-6,8,10-11H,2-4,7,9H2,1H3,(H,16,17). The summed E-state index contributed by atoms with van der Waals surface area (Å²) in [6.07, 6.45) is 2.83. The monoisotopic (exact) mass is 337 g/mol. The van der Waals surface area contributed by atoms with E-state index in [-0.39, 0.29) is 17.4 Å². The van der Waals surface area contributed by atoms with Gasteiger partial charge < -0.3 is 9.72 Å². The lowest BCUT2D eigenvalue weighted by atomic mass is 10.0. The molecule has 8 heteroatoms. The van der Waals surface area contributed by atoms with Gasteiger partial charge in [0.2, 0.25) is 10.0 Å². The summed E-state index contributed by atoms with van der Waals surface area (Å²) in [5.41, 5.74) is 1.39. The molecule has 0 spiro atoms. The van der Waals surface area contributed by atoms with Crippen molar-refractivity contribution in [1.82, 2.24) is 14.3 Å². The molecule has 1 saturated heterocycles. The van der Waals surface area contributed by atoms with Crippen molar-refractivity contribution in [3.63, 3.8) is 0 Å².